The highest BCUT2D eigenvalue weighted by Gasteiger charge is 2.21. The van der Waals surface area contributed by atoms with Crippen molar-refractivity contribution < 1.29 is 42.1 Å². The highest BCUT2D eigenvalue weighted by Crippen LogP contribution is 2.38. The average molecular weight is 608 g/mol. The van der Waals surface area contributed by atoms with Gasteiger partial charge in [-0.1, -0.05) is 110 Å². The smallest absolute Gasteiger partial charge is 0.306 e. The topological polar surface area (TPSA) is 111 Å². The second kappa shape index (κ2) is 25.5. The maximum atomic E-state index is 12.3. The first kappa shape index (κ1) is 40.0. The first-order chi connectivity index (χ1) is 19.5. The van der Waals surface area contributed by atoms with Crippen molar-refractivity contribution in [1.82, 2.24) is 0 Å². The van der Waals surface area contributed by atoms with E-state index >= 15 is 0 Å². The van der Waals surface area contributed by atoms with Gasteiger partial charge in [-0.15, -0.1) is 0 Å². The van der Waals surface area contributed by atoms with Gasteiger partial charge in [0.25, 0.3) is 7.82 Å². The lowest BCUT2D eigenvalue weighted by molar-refractivity contribution is -0.870. The molecule has 1 unspecified atom stereocenters. The Morgan fingerprint density at radius 1 is 0.659 bits per heavy atom. The van der Waals surface area contributed by atoms with Crippen LogP contribution in [0.2, 0.25) is 0 Å². The molecule has 0 spiro atoms. The summed E-state index contributed by atoms with van der Waals surface area (Å²) in [5, 5.41) is 0. The number of phosphoric acid groups is 1. The minimum absolute atomic E-state index is 0.0275. The van der Waals surface area contributed by atoms with E-state index in [4.69, 9.17) is 18.5 Å². The van der Waals surface area contributed by atoms with Crippen LogP contribution in [-0.2, 0) is 32.7 Å². The first-order valence-electron chi connectivity index (χ1n) is 16.2. The molecule has 0 bridgehead atoms. The van der Waals surface area contributed by atoms with Crippen molar-refractivity contribution in [2.75, 3.05) is 47.5 Å². The standard InChI is InChI=1S/C31H62NO8P/c1-6-8-10-12-13-14-15-16-17-18-19-20-22-23-30(33)37-27-29(40-31(34)24-21-11-9-7-2)28-39-41(35,36)38-26-25-32(3,4)5/h29H,6-28H2,1-5H3/t29-/m1/s1. The number of hydrogen-bond acceptors (Lipinski definition) is 8. The SMILES string of the molecule is CCCCCCCCCCCCCCCC(=O)OC[C@H](COP(=O)([O-])OCC[N+](C)(C)C)OC(=O)CCCCCC. The number of unbranched alkanes of at least 4 members (excludes halogenated alkanes) is 15. The maximum absolute atomic E-state index is 12.3. The number of hydrogen-bond donors (Lipinski definition) is 0. The summed E-state index contributed by atoms with van der Waals surface area (Å²) in [5.74, 6) is -0.851. The van der Waals surface area contributed by atoms with Crippen LogP contribution in [0.1, 0.15) is 136 Å². The fraction of sp³-hybridized carbons (Fsp3) is 0.935. The van der Waals surface area contributed by atoms with E-state index in [2.05, 4.69) is 13.8 Å². The zero-order valence-corrected chi connectivity index (χ0v) is 27.9. The molecule has 0 aromatic carbocycles. The summed E-state index contributed by atoms with van der Waals surface area (Å²) in [6.45, 7) is 4.06. The monoisotopic (exact) mass is 607 g/mol. The summed E-state index contributed by atoms with van der Waals surface area (Å²) in [6, 6.07) is 0. The molecule has 0 heterocycles. The van der Waals surface area contributed by atoms with E-state index in [9.17, 15) is 19.0 Å². The molecule has 0 saturated carbocycles. The van der Waals surface area contributed by atoms with Crippen LogP contribution < -0.4 is 4.89 Å². The molecule has 0 N–H and O–H groups in total. The van der Waals surface area contributed by atoms with Gasteiger partial charge in [-0.3, -0.25) is 14.2 Å². The highest BCUT2D eigenvalue weighted by molar-refractivity contribution is 7.45. The van der Waals surface area contributed by atoms with Gasteiger partial charge in [-0.05, 0) is 12.8 Å². The fourth-order valence-electron chi connectivity index (χ4n) is 4.24. The van der Waals surface area contributed by atoms with Gasteiger partial charge < -0.3 is 27.9 Å². The van der Waals surface area contributed by atoms with Crippen molar-refractivity contribution >= 4 is 19.8 Å². The summed E-state index contributed by atoms with van der Waals surface area (Å²) < 4.78 is 33.3. The lowest BCUT2D eigenvalue weighted by atomic mass is 10.0. The number of rotatable bonds is 29. The molecule has 0 rings (SSSR count). The van der Waals surface area contributed by atoms with Gasteiger partial charge >= 0.3 is 11.9 Å². The zero-order chi connectivity index (χ0) is 30.8. The summed E-state index contributed by atoms with van der Waals surface area (Å²) >= 11 is 0. The Bertz CT molecular complexity index is 698. The van der Waals surface area contributed by atoms with E-state index in [0.29, 0.717) is 17.4 Å². The Labute approximate surface area is 251 Å². The Kier molecular flexibility index (Phi) is 24.9. The molecule has 0 aliphatic rings. The summed E-state index contributed by atoms with van der Waals surface area (Å²) in [7, 11) is 1.17. The van der Waals surface area contributed by atoms with Crippen molar-refractivity contribution in [3.63, 3.8) is 0 Å². The van der Waals surface area contributed by atoms with Gasteiger partial charge in [0.05, 0.1) is 27.7 Å². The molecule has 10 heteroatoms. The lowest BCUT2D eigenvalue weighted by Crippen LogP contribution is -2.37. The van der Waals surface area contributed by atoms with Crippen LogP contribution in [0, 0.1) is 0 Å². The zero-order valence-electron chi connectivity index (χ0n) is 27.0. The van der Waals surface area contributed by atoms with Gasteiger partial charge in [0.15, 0.2) is 6.10 Å². The first-order valence-corrected chi connectivity index (χ1v) is 17.7. The Morgan fingerprint density at radius 3 is 1.59 bits per heavy atom. The average Bonchev–Trinajstić information content (AvgIpc) is 2.90. The molecule has 0 aliphatic heterocycles. The van der Waals surface area contributed by atoms with E-state index in [-0.39, 0.29) is 32.0 Å². The summed E-state index contributed by atoms with van der Waals surface area (Å²) in [6.07, 6.45) is 19.1. The summed E-state index contributed by atoms with van der Waals surface area (Å²) in [5.41, 5.74) is 0. The van der Waals surface area contributed by atoms with Gasteiger partial charge in [-0.25, -0.2) is 0 Å². The molecule has 0 aromatic heterocycles. The number of ether oxygens (including phenoxy) is 2. The van der Waals surface area contributed by atoms with Crippen LogP contribution in [0.4, 0.5) is 0 Å². The lowest BCUT2D eigenvalue weighted by Gasteiger charge is -2.28. The molecular formula is C31H62NO8P. The summed E-state index contributed by atoms with van der Waals surface area (Å²) in [4.78, 5) is 36.7. The molecular weight excluding hydrogens is 545 g/mol. The molecule has 41 heavy (non-hydrogen) atoms. The maximum Gasteiger partial charge on any atom is 0.306 e. The van der Waals surface area contributed by atoms with Crippen molar-refractivity contribution in [1.29, 1.82) is 0 Å². The number of nitrogens with zero attached hydrogens (tertiary/aromatic N) is 1. The molecule has 0 radical (unpaired) electrons. The Morgan fingerprint density at radius 2 is 1.10 bits per heavy atom. The minimum atomic E-state index is -4.59. The molecule has 0 aliphatic carbocycles. The van der Waals surface area contributed by atoms with Crippen LogP contribution in [0.25, 0.3) is 0 Å². The molecule has 9 nitrogen and oxygen atoms in total. The number of phosphoric ester groups is 1. The Balaban J connectivity index is 4.31. The predicted molar refractivity (Wildman–Crippen MR) is 162 cm³/mol. The molecule has 2 atom stereocenters. The van der Waals surface area contributed by atoms with Crippen molar-refractivity contribution in [2.24, 2.45) is 0 Å². The van der Waals surface area contributed by atoms with Gasteiger partial charge in [0, 0.05) is 12.8 Å². The number of carbonyl (C=O) groups excluding carboxylic acids is 2. The highest BCUT2D eigenvalue weighted by atomic mass is 31.2. The van der Waals surface area contributed by atoms with Crippen molar-refractivity contribution in [2.45, 2.75) is 142 Å². The molecule has 0 fully saturated rings. The minimum Gasteiger partial charge on any atom is -0.756 e. The van der Waals surface area contributed by atoms with E-state index in [1.165, 1.54) is 64.2 Å². The molecule has 244 valence electrons. The van der Waals surface area contributed by atoms with E-state index in [0.717, 1.165) is 38.5 Å². The van der Waals surface area contributed by atoms with Crippen LogP contribution in [0.15, 0.2) is 0 Å². The normalized spacial score (nSPS) is 14.0. The van der Waals surface area contributed by atoms with Crippen molar-refractivity contribution in [3.05, 3.63) is 0 Å². The molecule has 0 aromatic rings. The van der Waals surface area contributed by atoms with Crippen LogP contribution >= 0.6 is 7.82 Å². The fourth-order valence-corrected chi connectivity index (χ4v) is 4.97. The van der Waals surface area contributed by atoms with Crippen LogP contribution in [0.5, 0.6) is 0 Å². The quantitative estimate of drug-likeness (QED) is 0.0383. The second-order valence-corrected chi connectivity index (χ2v) is 13.6. The number of quaternary nitrogens is 1. The number of likely N-dealkylation sites (N-methyl/N-ethyl adjacent to an activating group) is 1. The molecule has 0 amide bonds. The third-order valence-electron chi connectivity index (χ3n) is 6.88. The van der Waals surface area contributed by atoms with E-state index in [1.54, 1.807) is 0 Å². The predicted octanol–water partition coefficient (Wildman–Crippen LogP) is 7.10. The van der Waals surface area contributed by atoms with Crippen LogP contribution in [-0.4, -0.2) is 70.0 Å². The van der Waals surface area contributed by atoms with Gasteiger partial charge in [0.1, 0.15) is 19.8 Å². The van der Waals surface area contributed by atoms with Crippen molar-refractivity contribution in [3.8, 4) is 0 Å². The van der Waals surface area contributed by atoms with E-state index < -0.39 is 26.5 Å². The third-order valence-corrected chi connectivity index (χ3v) is 7.84. The van der Waals surface area contributed by atoms with Gasteiger partial charge in [0.2, 0.25) is 0 Å². The number of carbonyl (C=O) groups is 2. The van der Waals surface area contributed by atoms with E-state index in [1.807, 2.05) is 21.1 Å². The largest absolute Gasteiger partial charge is 0.756 e. The Hall–Kier alpha value is -0.990. The molecule has 0 saturated heterocycles. The van der Waals surface area contributed by atoms with Gasteiger partial charge in [-0.2, -0.15) is 0 Å². The van der Waals surface area contributed by atoms with Crippen LogP contribution in [0.3, 0.4) is 0 Å². The number of esters is 2. The second-order valence-electron chi connectivity index (χ2n) is 12.2. The third kappa shape index (κ3) is 28.9.